The van der Waals surface area contributed by atoms with Crippen molar-refractivity contribution in [3.63, 3.8) is 0 Å². The van der Waals surface area contributed by atoms with Gasteiger partial charge in [-0.3, -0.25) is 0 Å². The van der Waals surface area contributed by atoms with Crippen LogP contribution in [0.5, 0.6) is 0 Å². The lowest BCUT2D eigenvalue weighted by molar-refractivity contribution is 0.402. The van der Waals surface area contributed by atoms with E-state index in [0.717, 1.165) is 31.0 Å². The van der Waals surface area contributed by atoms with Crippen molar-refractivity contribution in [2.75, 3.05) is 38.6 Å². The molecule has 0 bridgehead atoms. The molecule has 0 radical (unpaired) electrons. The average molecular weight is 543 g/mol. The highest BCUT2D eigenvalue weighted by Crippen LogP contribution is 2.26. The molecule has 2 N–H and O–H groups in total. The third kappa shape index (κ3) is 7.31. The normalized spacial score (nSPS) is 16.4. The monoisotopic (exact) mass is 543 g/mol. The first-order chi connectivity index (χ1) is 14.5. The van der Waals surface area contributed by atoms with E-state index in [4.69, 9.17) is 0 Å². The van der Waals surface area contributed by atoms with Crippen molar-refractivity contribution < 1.29 is 8.78 Å². The van der Waals surface area contributed by atoms with Gasteiger partial charge in [-0.25, -0.2) is 13.8 Å². The molecule has 1 atom stereocenters. The minimum atomic E-state index is -0.520. The number of para-hydroxylation sites is 1. The first-order valence-electron chi connectivity index (χ1n) is 10.4. The minimum Gasteiger partial charge on any atom is -0.365 e. The zero-order chi connectivity index (χ0) is 21.5. The maximum atomic E-state index is 14.1. The van der Waals surface area contributed by atoms with E-state index in [9.17, 15) is 8.78 Å². The minimum absolute atomic E-state index is 0. The number of aliphatic imine (C=N–C) groups is 1. The molecule has 1 aliphatic heterocycles. The van der Waals surface area contributed by atoms with Crippen molar-refractivity contribution in [1.82, 2.24) is 15.5 Å². The van der Waals surface area contributed by atoms with E-state index < -0.39 is 11.6 Å². The highest BCUT2D eigenvalue weighted by atomic mass is 127. The quantitative estimate of drug-likeness (QED) is 0.315. The molecule has 1 fully saturated rings. The summed E-state index contributed by atoms with van der Waals surface area (Å²) in [7, 11) is 4.11. The van der Waals surface area contributed by atoms with Gasteiger partial charge in [0.2, 0.25) is 0 Å². The van der Waals surface area contributed by atoms with E-state index in [2.05, 4.69) is 58.9 Å². The number of nitrogens with zero attached hydrogens (tertiary/aromatic N) is 3. The number of rotatable bonds is 7. The molecule has 1 aliphatic rings. The Morgan fingerprint density at radius 1 is 1.10 bits per heavy atom. The summed E-state index contributed by atoms with van der Waals surface area (Å²) in [4.78, 5) is 8.58. The third-order valence-electron chi connectivity index (χ3n) is 5.07. The zero-order valence-corrected chi connectivity index (χ0v) is 20.7. The van der Waals surface area contributed by atoms with Crippen LogP contribution in [0.25, 0.3) is 0 Å². The van der Waals surface area contributed by atoms with Gasteiger partial charge in [0.25, 0.3) is 0 Å². The number of nitrogens with one attached hydrogen (secondary N) is 2. The number of halogens is 3. The second kappa shape index (κ2) is 12.2. The molecule has 0 spiro atoms. The molecular formula is C23H32F2IN5. The second-order valence-electron chi connectivity index (χ2n) is 7.90. The Morgan fingerprint density at radius 3 is 2.35 bits per heavy atom. The summed E-state index contributed by atoms with van der Waals surface area (Å²) in [5, 5.41) is 6.67. The van der Waals surface area contributed by atoms with Crippen LogP contribution in [0.1, 0.15) is 24.5 Å². The van der Waals surface area contributed by atoms with Crippen LogP contribution >= 0.6 is 24.0 Å². The molecule has 8 heteroatoms. The number of benzene rings is 2. The highest BCUT2D eigenvalue weighted by Gasteiger charge is 2.27. The highest BCUT2D eigenvalue weighted by molar-refractivity contribution is 14.0. The van der Waals surface area contributed by atoms with Crippen molar-refractivity contribution in [2.45, 2.75) is 32.5 Å². The summed E-state index contributed by atoms with van der Waals surface area (Å²) in [6.45, 7) is 5.36. The Balaban J connectivity index is 0.00000341. The van der Waals surface area contributed by atoms with E-state index >= 15 is 0 Å². The van der Waals surface area contributed by atoms with Gasteiger partial charge in [0.05, 0.1) is 6.54 Å². The van der Waals surface area contributed by atoms with Crippen molar-refractivity contribution >= 4 is 35.6 Å². The third-order valence-corrected chi connectivity index (χ3v) is 5.07. The number of hydrogen-bond donors (Lipinski definition) is 2. The second-order valence-corrected chi connectivity index (χ2v) is 7.90. The Labute approximate surface area is 200 Å². The predicted octanol–water partition coefficient (Wildman–Crippen LogP) is 3.98. The maximum absolute atomic E-state index is 14.1. The van der Waals surface area contributed by atoms with Crippen LogP contribution < -0.4 is 15.5 Å². The fourth-order valence-corrected chi connectivity index (χ4v) is 3.67. The van der Waals surface area contributed by atoms with Gasteiger partial charge in [0.1, 0.15) is 17.3 Å². The van der Waals surface area contributed by atoms with Gasteiger partial charge in [0.15, 0.2) is 5.96 Å². The molecule has 0 amide bonds. The van der Waals surface area contributed by atoms with Crippen LogP contribution in [0, 0.1) is 11.6 Å². The largest absolute Gasteiger partial charge is 0.365 e. The molecule has 3 rings (SSSR count). The molecule has 1 heterocycles. The van der Waals surface area contributed by atoms with Crippen LogP contribution in [0.2, 0.25) is 0 Å². The number of hydrogen-bond acceptors (Lipinski definition) is 3. The lowest BCUT2D eigenvalue weighted by Gasteiger charge is -2.21. The lowest BCUT2D eigenvalue weighted by atomic mass is 10.1. The van der Waals surface area contributed by atoms with Gasteiger partial charge < -0.3 is 20.4 Å². The Bertz CT molecular complexity index is 837. The first kappa shape index (κ1) is 25.3. The van der Waals surface area contributed by atoms with E-state index in [1.54, 1.807) is 4.90 Å². The molecule has 0 saturated carbocycles. The molecule has 0 aliphatic carbocycles. The van der Waals surface area contributed by atoms with Crippen LogP contribution in [-0.4, -0.2) is 50.6 Å². The summed E-state index contributed by atoms with van der Waals surface area (Å²) in [6, 6.07) is 12.5. The van der Waals surface area contributed by atoms with Gasteiger partial charge >= 0.3 is 0 Å². The molecule has 2 aromatic rings. The lowest BCUT2D eigenvalue weighted by Crippen LogP contribution is -2.44. The zero-order valence-electron chi connectivity index (χ0n) is 18.4. The van der Waals surface area contributed by atoms with Gasteiger partial charge in [0, 0.05) is 32.2 Å². The topological polar surface area (TPSA) is 42.9 Å². The van der Waals surface area contributed by atoms with Gasteiger partial charge in [-0.1, -0.05) is 30.3 Å². The number of anilines is 1. The molecule has 2 aromatic carbocycles. The van der Waals surface area contributed by atoms with Crippen LogP contribution in [0.3, 0.4) is 0 Å². The van der Waals surface area contributed by atoms with Crippen molar-refractivity contribution in [3.05, 3.63) is 65.2 Å². The van der Waals surface area contributed by atoms with Crippen LogP contribution in [0.4, 0.5) is 14.5 Å². The van der Waals surface area contributed by atoms with Gasteiger partial charge in [-0.2, -0.15) is 0 Å². The first-order valence-corrected chi connectivity index (χ1v) is 10.4. The SMILES string of the molecule is CCNC(=NCc1ccc(CN(C)C)cc1)NC1CCN(c2c(F)cccc2F)C1.I. The van der Waals surface area contributed by atoms with Gasteiger partial charge in [-0.05, 0) is 50.7 Å². The summed E-state index contributed by atoms with van der Waals surface area (Å²) in [6.07, 6.45) is 0.789. The summed E-state index contributed by atoms with van der Waals surface area (Å²) in [5.74, 6) is -0.321. The maximum Gasteiger partial charge on any atom is 0.191 e. The molecular weight excluding hydrogens is 511 g/mol. The van der Waals surface area contributed by atoms with Crippen molar-refractivity contribution in [2.24, 2.45) is 4.99 Å². The average Bonchev–Trinajstić information content (AvgIpc) is 3.15. The summed E-state index contributed by atoms with van der Waals surface area (Å²) in [5.41, 5.74) is 2.46. The predicted molar refractivity (Wildman–Crippen MR) is 134 cm³/mol. The molecule has 5 nitrogen and oxygen atoms in total. The number of guanidine groups is 1. The fraction of sp³-hybridized carbons (Fsp3) is 0.435. The van der Waals surface area contributed by atoms with Crippen LogP contribution in [0.15, 0.2) is 47.5 Å². The van der Waals surface area contributed by atoms with Crippen molar-refractivity contribution in [3.8, 4) is 0 Å². The summed E-state index contributed by atoms with van der Waals surface area (Å²) < 4.78 is 28.2. The Morgan fingerprint density at radius 2 is 1.74 bits per heavy atom. The standard InChI is InChI=1S/C23H31F2N5.HI/c1-4-26-23(27-14-17-8-10-18(11-9-17)15-29(2)3)28-19-12-13-30(16-19)22-20(24)6-5-7-21(22)25;/h5-11,19H,4,12-16H2,1-3H3,(H2,26,27,28);1H. The molecule has 1 unspecified atom stereocenters. The molecule has 1 saturated heterocycles. The summed E-state index contributed by atoms with van der Waals surface area (Å²) >= 11 is 0. The molecule has 170 valence electrons. The van der Waals surface area contributed by atoms with Gasteiger partial charge in [-0.15, -0.1) is 24.0 Å². The van der Waals surface area contributed by atoms with E-state index in [1.165, 1.54) is 23.8 Å². The molecule has 31 heavy (non-hydrogen) atoms. The van der Waals surface area contributed by atoms with E-state index in [-0.39, 0.29) is 35.7 Å². The van der Waals surface area contributed by atoms with Crippen LogP contribution in [-0.2, 0) is 13.1 Å². The Kier molecular flexibility index (Phi) is 9.95. The van der Waals surface area contributed by atoms with Crippen molar-refractivity contribution in [1.29, 1.82) is 0 Å². The molecule has 0 aromatic heterocycles. The smallest absolute Gasteiger partial charge is 0.191 e. The fourth-order valence-electron chi connectivity index (χ4n) is 3.67. The van der Waals surface area contributed by atoms with E-state index in [1.807, 2.05) is 6.92 Å². The van der Waals surface area contributed by atoms with E-state index in [0.29, 0.717) is 19.6 Å². The Hall–Kier alpha value is -1.94.